The van der Waals surface area contributed by atoms with E-state index in [1.807, 2.05) is 30.3 Å². The summed E-state index contributed by atoms with van der Waals surface area (Å²) in [7, 11) is 0. The highest BCUT2D eigenvalue weighted by Crippen LogP contribution is 2.12. The largest absolute Gasteiger partial charge is 0.484 e. The minimum Gasteiger partial charge on any atom is -0.484 e. The van der Waals surface area contributed by atoms with E-state index in [4.69, 9.17) is 10.5 Å². The third kappa shape index (κ3) is 4.65. The van der Waals surface area contributed by atoms with Crippen molar-refractivity contribution >= 4 is 11.6 Å². The number of nitrogens with two attached hydrogens (primary N) is 1. The van der Waals surface area contributed by atoms with E-state index in [2.05, 4.69) is 5.32 Å². The molecule has 0 heterocycles. The second kappa shape index (κ2) is 7.19. The molecule has 0 saturated carbocycles. The lowest BCUT2D eigenvalue weighted by Gasteiger charge is -2.07. The predicted molar refractivity (Wildman–Crippen MR) is 79.5 cm³/mol. The molecule has 0 atom stereocenters. The minimum atomic E-state index is -0.127. The highest BCUT2D eigenvalue weighted by atomic mass is 16.5. The summed E-state index contributed by atoms with van der Waals surface area (Å²) in [4.78, 5) is 11.6. The van der Waals surface area contributed by atoms with Crippen molar-refractivity contribution < 1.29 is 9.53 Å². The average molecular weight is 270 g/mol. The molecule has 4 nitrogen and oxygen atoms in total. The van der Waals surface area contributed by atoms with Crippen LogP contribution in [0.15, 0.2) is 54.6 Å². The molecule has 0 aliphatic rings. The molecule has 4 heteroatoms. The summed E-state index contributed by atoms with van der Waals surface area (Å²) in [6.07, 6.45) is 0.814. The molecular formula is C16H18N2O2. The third-order valence-corrected chi connectivity index (χ3v) is 2.83. The number of amides is 1. The Morgan fingerprint density at radius 2 is 1.75 bits per heavy atom. The normalized spacial score (nSPS) is 10.0. The van der Waals surface area contributed by atoms with E-state index in [1.54, 1.807) is 24.3 Å². The van der Waals surface area contributed by atoms with Gasteiger partial charge in [0.2, 0.25) is 0 Å². The summed E-state index contributed by atoms with van der Waals surface area (Å²) in [6.45, 7) is 0.618. The Hall–Kier alpha value is -2.49. The summed E-state index contributed by atoms with van der Waals surface area (Å²) < 4.78 is 5.36. The number of nitrogen functional groups attached to an aromatic ring is 1. The van der Waals surface area contributed by atoms with E-state index in [-0.39, 0.29) is 12.5 Å². The molecule has 0 spiro atoms. The monoisotopic (exact) mass is 270 g/mol. The summed E-state index contributed by atoms with van der Waals surface area (Å²) in [5, 5.41) is 2.82. The van der Waals surface area contributed by atoms with Crippen molar-refractivity contribution in [1.29, 1.82) is 0 Å². The molecule has 1 amide bonds. The first-order valence-electron chi connectivity index (χ1n) is 6.53. The van der Waals surface area contributed by atoms with Crippen LogP contribution in [0, 0.1) is 0 Å². The molecule has 20 heavy (non-hydrogen) atoms. The maximum atomic E-state index is 11.6. The van der Waals surface area contributed by atoms with Crippen LogP contribution in [0.4, 0.5) is 5.69 Å². The number of carbonyl (C=O) groups excluding carboxylic acids is 1. The molecule has 104 valence electrons. The first kappa shape index (κ1) is 13.9. The van der Waals surface area contributed by atoms with Crippen LogP contribution < -0.4 is 15.8 Å². The number of nitrogens with one attached hydrogen (secondary N) is 1. The van der Waals surface area contributed by atoms with Gasteiger partial charge in [-0.15, -0.1) is 0 Å². The van der Waals surface area contributed by atoms with Gasteiger partial charge in [0.05, 0.1) is 0 Å². The summed E-state index contributed by atoms with van der Waals surface area (Å²) in [6, 6.07) is 17.0. The van der Waals surface area contributed by atoms with Gasteiger partial charge in [-0.1, -0.05) is 30.3 Å². The maximum Gasteiger partial charge on any atom is 0.257 e. The van der Waals surface area contributed by atoms with Crippen LogP contribution in [0.5, 0.6) is 5.75 Å². The Balaban J connectivity index is 1.67. The van der Waals surface area contributed by atoms with E-state index in [0.717, 1.165) is 6.42 Å². The van der Waals surface area contributed by atoms with Gasteiger partial charge in [0, 0.05) is 12.2 Å². The molecule has 0 bridgehead atoms. The number of hydrogen-bond donors (Lipinski definition) is 2. The van der Waals surface area contributed by atoms with Crippen LogP contribution in [0.1, 0.15) is 5.56 Å². The molecule has 0 aliphatic carbocycles. The van der Waals surface area contributed by atoms with Crippen LogP contribution in [0.2, 0.25) is 0 Å². The highest BCUT2D eigenvalue weighted by Gasteiger charge is 2.02. The second-order valence-corrected chi connectivity index (χ2v) is 4.44. The van der Waals surface area contributed by atoms with Gasteiger partial charge >= 0.3 is 0 Å². The molecule has 3 N–H and O–H groups in total. The number of carbonyl (C=O) groups is 1. The fourth-order valence-electron chi connectivity index (χ4n) is 1.75. The van der Waals surface area contributed by atoms with E-state index >= 15 is 0 Å². The molecule has 0 radical (unpaired) electrons. The van der Waals surface area contributed by atoms with Gasteiger partial charge in [-0.2, -0.15) is 0 Å². The van der Waals surface area contributed by atoms with Gasteiger partial charge in [-0.3, -0.25) is 4.79 Å². The van der Waals surface area contributed by atoms with Gasteiger partial charge < -0.3 is 15.8 Å². The van der Waals surface area contributed by atoms with Crippen LogP contribution in [-0.2, 0) is 11.2 Å². The lowest BCUT2D eigenvalue weighted by atomic mass is 10.1. The molecule has 2 aromatic rings. The molecule has 0 saturated heterocycles. The number of benzene rings is 2. The van der Waals surface area contributed by atoms with E-state index in [1.165, 1.54) is 5.56 Å². The Bertz CT molecular complexity index is 538. The number of hydrogen-bond acceptors (Lipinski definition) is 3. The Morgan fingerprint density at radius 3 is 2.45 bits per heavy atom. The number of rotatable bonds is 6. The van der Waals surface area contributed by atoms with Gasteiger partial charge in [0.15, 0.2) is 6.61 Å². The number of anilines is 1. The van der Waals surface area contributed by atoms with Crippen molar-refractivity contribution in [2.75, 3.05) is 18.9 Å². The predicted octanol–water partition coefficient (Wildman–Crippen LogP) is 2.01. The summed E-state index contributed by atoms with van der Waals surface area (Å²) in [5.74, 6) is 0.509. The van der Waals surface area contributed by atoms with E-state index in [0.29, 0.717) is 18.0 Å². The van der Waals surface area contributed by atoms with Crippen molar-refractivity contribution in [3.63, 3.8) is 0 Å². The van der Waals surface area contributed by atoms with Crippen molar-refractivity contribution in [3.8, 4) is 5.75 Å². The number of ether oxygens (including phenoxy) is 1. The van der Waals surface area contributed by atoms with Gasteiger partial charge in [0.25, 0.3) is 5.91 Å². The molecule has 0 aromatic heterocycles. The summed E-state index contributed by atoms with van der Waals surface area (Å²) in [5.41, 5.74) is 7.44. The quantitative estimate of drug-likeness (QED) is 0.789. The lowest BCUT2D eigenvalue weighted by molar-refractivity contribution is -0.123. The van der Waals surface area contributed by atoms with Crippen LogP contribution in [-0.4, -0.2) is 19.1 Å². The lowest BCUT2D eigenvalue weighted by Crippen LogP contribution is -2.30. The average Bonchev–Trinajstić information content (AvgIpc) is 2.48. The zero-order valence-corrected chi connectivity index (χ0v) is 11.2. The second-order valence-electron chi connectivity index (χ2n) is 4.44. The van der Waals surface area contributed by atoms with Gasteiger partial charge in [-0.05, 0) is 36.2 Å². The van der Waals surface area contributed by atoms with E-state index < -0.39 is 0 Å². The van der Waals surface area contributed by atoms with Crippen molar-refractivity contribution in [1.82, 2.24) is 5.32 Å². The minimum absolute atomic E-state index is 0.0126. The third-order valence-electron chi connectivity index (χ3n) is 2.83. The van der Waals surface area contributed by atoms with Gasteiger partial charge in [-0.25, -0.2) is 0 Å². The Kier molecular flexibility index (Phi) is 5.00. The topological polar surface area (TPSA) is 64.3 Å². The maximum absolute atomic E-state index is 11.6. The Morgan fingerprint density at radius 1 is 1.05 bits per heavy atom. The fourth-order valence-corrected chi connectivity index (χ4v) is 1.75. The molecule has 0 fully saturated rings. The first-order valence-corrected chi connectivity index (χ1v) is 6.53. The fraction of sp³-hybridized carbons (Fsp3) is 0.188. The zero-order valence-electron chi connectivity index (χ0n) is 11.2. The molecule has 0 unspecified atom stereocenters. The smallest absolute Gasteiger partial charge is 0.257 e. The van der Waals surface area contributed by atoms with Crippen molar-refractivity contribution in [2.45, 2.75) is 6.42 Å². The van der Waals surface area contributed by atoms with Crippen LogP contribution in [0.25, 0.3) is 0 Å². The standard InChI is InChI=1S/C16H18N2O2/c17-14-6-8-15(9-7-14)20-12-16(19)18-11-10-13-4-2-1-3-5-13/h1-9H,10-12,17H2,(H,18,19). The highest BCUT2D eigenvalue weighted by molar-refractivity contribution is 5.77. The van der Waals surface area contributed by atoms with Crippen LogP contribution in [0.3, 0.4) is 0 Å². The zero-order chi connectivity index (χ0) is 14.2. The SMILES string of the molecule is Nc1ccc(OCC(=O)NCCc2ccccc2)cc1. The summed E-state index contributed by atoms with van der Waals surface area (Å²) >= 11 is 0. The molecular weight excluding hydrogens is 252 g/mol. The van der Waals surface area contributed by atoms with Crippen molar-refractivity contribution in [3.05, 3.63) is 60.2 Å². The van der Waals surface area contributed by atoms with Crippen LogP contribution >= 0.6 is 0 Å². The van der Waals surface area contributed by atoms with Gasteiger partial charge in [0.1, 0.15) is 5.75 Å². The Labute approximate surface area is 118 Å². The van der Waals surface area contributed by atoms with Crippen molar-refractivity contribution in [2.24, 2.45) is 0 Å². The first-order chi connectivity index (χ1) is 9.74. The molecule has 2 aromatic carbocycles. The van der Waals surface area contributed by atoms with E-state index in [9.17, 15) is 4.79 Å². The molecule has 2 rings (SSSR count). The molecule has 0 aliphatic heterocycles.